The number of rotatable bonds is 3. The van der Waals surface area contributed by atoms with Crippen LogP contribution < -0.4 is 0 Å². The van der Waals surface area contributed by atoms with Crippen LogP contribution in [0.3, 0.4) is 0 Å². The van der Waals surface area contributed by atoms with Crippen molar-refractivity contribution in [2.45, 2.75) is 83.7 Å². The van der Waals surface area contributed by atoms with Crippen LogP contribution in [0.2, 0.25) is 0 Å². The molecule has 2 spiro atoms. The van der Waals surface area contributed by atoms with Crippen LogP contribution >= 0.6 is 0 Å². The lowest BCUT2D eigenvalue weighted by molar-refractivity contribution is -0.0700. The SMILES string of the molecule is CC(C)CC[C@]12C[C@]3(CCCO3)C[C@@H]3c4ccc(O)cc4CC[C@]31C2C. The van der Waals surface area contributed by atoms with Crippen LogP contribution in [0, 0.1) is 22.7 Å². The lowest BCUT2D eigenvalue weighted by Crippen LogP contribution is -2.44. The molecule has 1 heterocycles. The molecule has 1 saturated heterocycles. The molecule has 3 fully saturated rings. The van der Waals surface area contributed by atoms with Gasteiger partial charge in [0.2, 0.25) is 0 Å². The highest BCUT2D eigenvalue weighted by molar-refractivity contribution is 5.46. The van der Waals surface area contributed by atoms with E-state index in [0.717, 1.165) is 24.9 Å². The molecule has 0 amide bonds. The van der Waals surface area contributed by atoms with E-state index < -0.39 is 0 Å². The fraction of sp³-hybridized carbons (Fsp3) is 0.750. The Bertz CT molecular complexity index is 717. The summed E-state index contributed by atoms with van der Waals surface area (Å²) in [6.45, 7) is 8.25. The van der Waals surface area contributed by atoms with Gasteiger partial charge in [-0.1, -0.05) is 33.3 Å². The van der Waals surface area contributed by atoms with Gasteiger partial charge in [0.15, 0.2) is 0 Å². The molecule has 1 N–H and O–H groups in total. The third-order valence-corrected chi connectivity index (χ3v) is 8.94. The Hall–Kier alpha value is -1.02. The van der Waals surface area contributed by atoms with Gasteiger partial charge in [-0.3, -0.25) is 0 Å². The minimum Gasteiger partial charge on any atom is -0.508 e. The molecule has 2 saturated carbocycles. The van der Waals surface area contributed by atoms with Gasteiger partial charge in [-0.05, 0) is 96.8 Å². The average Bonchev–Trinajstić information content (AvgIpc) is 2.90. The number of aryl methyl sites for hydroxylation is 1. The van der Waals surface area contributed by atoms with Gasteiger partial charge in [-0.25, -0.2) is 0 Å². The largest absolute Gasteiger partial charge is 0.508 e. The molecule has 2 nitrogen and oxygen atoms in total. The van der Waals surface area contributed by atoms with Gasteiger partial charge in [0, 0.05) is 6.61 Å². The number of phenolic OH excluding ortho intramolecular Hbond substituents is 1. The van der Waals surface area contributed by atoms with Crippen LogP contribution in [0.4, 0.5) is 0 Å². The Morgan fingerprint density at radius 3 is 2.85 bits per heavy atom. The number of benzene rings is 1. The molecule has 1 aromatic rings. The van der Waals surface area contributed by atoms with Crippen molar-refractivity contribution in [3.63, 3.8) is 0 Å². The first-order valence-corrected chi connectivity index (χ1v) is 10.9. The van der Waals surface area contributed by atoms with Gasteiger partial charge in [0.25, 0.3) is 0 Å². The van der Waals surface area contributed by atoms with Gasteiger partial charge in [-0.2, -0.15) is 0 Å². The predicted octanol–water partition coefficient (Wildman–Crippen LogP) is 5.82. The van der Waals surface area contributed by atoms with Crippen LogP contribution in [0.1, 0.15) is 82.8 Å². The minimum atomic E-state index is 0.127. The van der Waals surface area contributed by atoms with Crippen molar-refractivity contribution in [3.05, 3.63) is 29.3 Å². The van der Waals surface area contributed by atoms with Gasteiger partial charge in [0.1, 0.15) is 5.75 Å². The molecular formula is C24H34O2. The summed E-state index contributed by atoms with van der Waals surface area (Å²) in [6, 6.07) is 6.18. The van der Waals surface area contributed by atoms with Crippen LogP contribution in [0.15, 0.2) is 18.2 Å². The van der Waals surface area contributed by atoms with Crippen molar-refractivity contribution in [1.82, 2.24) is 0 Å². The lowest BCUT2D eigenvalue weighted by atomic mass is 9.57. The third-order valence-electron chi connectivity index (χ3n) is 8.94. The second-order valence-corrected chi connectivity index (χ2v) is 10.3. The van der Waals surface area contributed by atoms with Gasteiger partial charge >= 0.3 is 0 Å². The monoisotopic (exact) mass is 354 g/mol. The number of hydrogen-bond acceptors (Lipinski definition) is 2. The normalized spacial score (nSPS) is 43.2. The number of aromatic hydroxyl groups is 1. The summed E-state index contributed by atoms with van der Waals surface area (Å²) in [4.78, 5) is 0. The first-order valence-electron chi connectivity index (χ1n) is 10.9. The zero-order valence-corrected chi connectivity index (χ0v) is 16.7. The molecule has 0 radical (unpaired) electrons. The fourth-order valence-corrected chi connectivity index (χ4v) is 7.75. The average molecular weight is 355 g/mol. The first kappa shape index (κ1) is 17.1. The van der Waals surface area contributed by atoms with E-state index in [-0.39, 0.29) is 5.60 Å². The van der Waals surface area contributed by atoms with Gasteiger partial charge < -0.3 is 9.84 Å². The molecule has 0 bridgehead atoms. The van der Waals surface area contributed by atoms with E-state index in [1.165, 1.54) is 56.1 Å². The van der Waals surface area contributed by atoms with Crippen LogP contribution in [-0.2, 0) is 11.2 Å². The molecule has 26 heavy (non-hydrogen) atoms. The molecule has 142 valence electrons. The lowest BCUT2D eigenvalue weighted by Gasteiger charge is -2.49. The Morgan fingerprint density at radius 1 is 1.27 bits per heavy atom. The summed E-state index contributed by atoms with van der Waals surface area (Å²) < 4.78 is 6.49. The van der Waals surface area contributed by atoms with Crippen molar-refractivity contribution in [2.75, 3.05) is 6.61 Å². The number of phenols is 1. The van der Waals surface area contributed by atoms with Crippen LogP contribution in [0.25, 0.3) is 0 Å². The van der Waals surface area contributed by atoms with E-state index in [1.54, 1.807) is 0 Å². The highest BCUT2D eigenvalue weighted by Crippen LogP contribution is 2.85. The fourth-order valence-electron chi connectivity index (χ4n) is 7.75. The predicted molar refractivity (Wildman–Crippen MR) is 104 cm³/mol. The molecular weight excluding hydrogens is 320 g/mol. The molecule has 1 unspecified atom stereocenters. The Kier molecular flexibility index (Phi) is 3.62. The highest BCUT2D eigenvalue weighted by Gasteiger charge is 2.80. The molecule has 1 aliphatic heterocycles. The highest BCUT2D eigenvalue weighted by atomic mass is 16.5. The maximum atomic E-state index is 9.99. The van der Waals surface area contributed by atoms with Gasteiger partial charge in [-0.15, -0.1) is 0 Å². The number of ether oxygens (including phenoxy) is 1. The number of fused-ring (bicyclic) bond motifs is 2. The van der Waals surface area contributed by atoms with Crippen molar-refractivity contribution >= 4 is 0 Å². The summed E-state index contributed by atoms with van der Waals surface area (Å²) in [5.41, 5.74) is 4.03. The smallest absolute Gasteiger partial charge is 0.115 e. The quantitative estimate of drug-likeness (QED) is 0.740. The second kappa shape index (κ2) is 5.50. The van der Waals surface area contributed by atoms with E-state index in [2.05, 4.69) is 26.8 Å². The van der Waals surface area contributed by atoms with E-state index >= 15 is 0 Å². The molecule has 5 atom stereocenters. The zero-order valence-electron chi connectivity index (χ0n) is 16.7. The zero-order chi connectivity index (χ0) is 18.2. The van der Waals surface area contributed by atoms with Crippen molar-refractivity contribution in [2.24, 2.45) is 22.7 Å². The number of hydrogen-bond donors (Lipinski definition) is 1. The third kappa shape index (κ3) is 2.08. The minimum absolute atomic E-state index is 0.127. The van der Waals surface area contributed by atoms with Crippen LogP contribution in [-0.4, -0.2) is 17.3 Å². The van der Waals surface area contributed by atoms with E-state index in [4.69, 9.17) is 4.74 Å². The van der Waals surface area contributed by atoms with Gasteiger partial charge in [0.05, 0.1) is 5.60 Å². The Balaban J connectivity index is 1.59. The Labute approximate surface area is 158 Å². The topological polar surface area (TPSA) is 29.5 Å². The molecule has 1 aromatic carbocycles. The summed E-state index contributed by atoms with van der Waals surface area (Å²) in [6.07, 6.45) is 10.2. The molecule has 0 aromatic heterocycles. The summed E-state index contributed by atoms with van der Waals surface area (Å²) in [5.74, 6) is 2.64. The molecule has 4 aliphatic rings. The van der Waals surface area contributed by atoms with E-state index in [1.807, 2.05) is 12.1 Å². The second-order valence-electron chi connectivity index (χ2n) is 10.3. The van der Waals surface area contributed by atoms with E-state index in [0.29, 0.717) is 22.5 Å². The summed E-state index contributed by atoms with van der Waals surface area (Å²) in [5, 5.41) is 9.99. The molecule has 2 heteroatoms. The van der Waals surface area contributed by atoms with E-state index in [9.17, 15) is 5.11 Å². The summed E-state index contributed by atoms with van der Waals surface area (Å²) >= 11 is 0. The van der Waals surface area contributed by atoms with Crippen molar-refractivity contribution < 1.29 is 9.84 Å². The van der Waals surface area contributed by atoms with Crippen LogP contribution in [0.5, 0.6) is 5.75 Å². The Morgan fingerprint density at radius 2 is 2.12 bits per heavy atom. The van der Waals surface area contributed by atoms with Crippen molar-refractivity contribution in [1.29, 1.82) is 0 Å². The molecule has 5 rings (SSSR count). The first-order chi connectivity index (χ1) is 12.4. The van der Waals surface area contributed by atoms with Crippen molar-refractivity contribution in [3.8, 4) is 5.75 Å². The maximum Gasteiger partial charge on any atom is 0.115 e. The maximum absolute atomic E-state index is 9.99. The summed E-state index contributed by atoms with van der Waals surface area (Å²) in [7, 11) is 0. The standard InChI is InChI=1S/C24H34O2/c1-16(2)7-10-23-15-22(9-4-12-26-22)14-21-20-6-5-19(25)13-18(20)8-11-24(21,23)17(23)3/h5-6,13,16-17,21,25H,4,7-12,14-15H2,1-3H3/t17?,21-,22+,23-,24+/m1/s1. The molecule has 3 aliphatic carbocycles.